The van der Waals surface area contributed by atoms with E-state index in [1.807, 2.05) is 13.8 Å². The van der Waals surface area contributed by atoms with Crippen molar-refractivity contribution in [2.24, 2.45) is 5.73 Å². The zero-order valence-corrected chi connectivity index (χ0v) is 24.4. The lowest BCUT2D eigenvalue weighted by Crippen LogP contribution is -2.48. The first-order chi connectivity index (χ1) is 20.0. The molecule has 0 radical (unpaired) electrons. The van der Waals surface area contributed by atoms with Gasteiger partial charge in [-0.2, -0.15) is 0 Å². The molecule has 1 aliphatic rings. The predicted octanol–water partition coefficient (Wildman–Crippen LogP) is 4.65. The summed E-state index contributed by atoms with van der Waals surface area (Å²) in [6.45, 7) is 8.19. The molecule has 3 aromatic carbocycles. The lowest BCUT2D eigenvalue weighted by Gasteiger charge is -2.35. The Hall–Kier alpha value is -4.48. The minimum atomic E-state index is -4.15. The second kappa shape index (κ2) is 10.1. The number of aromatic nitrogens is 2. The Morgan fingerprint density at radius 2 is 1.64 bits per heavy atom. The molecule has 0 spiro atoms. The van der Waals surface area contributed by atoms with Gasteiger partial charge in [0.05, 0.1) is 33.8 Å². The number of fused-ring (bicyclic) bond motifs is 3. The predicted molar refractivity (Wildman–Crippen MR) is 158 cm³/mol. The fraction of sp³-hybridized carbons (Fsp3) is 0.258. The molecule has 1 fully saturated rings. The number of carbonyl (C=O) groups is 2. The van der Waals surface area contributed by atoms with Crippen LogP contribution in [0.5, 0.6) is 0 Å². The number of ether oxygens (including phenoxy) is 1. The number of rotatable bonds is 5. The number of hydrogen-bond donors (Lipinski definition) is 1. The Morgan fingerprint density at radius 3 is 2.26 bits per heavy atom. The zero-order valence-electron chi connectivity index (χ0n) is 23.6. The van der Waals surface area contributed by atoms with Crippen LogP contribution in [-0.4, -0.2) is 59.6 Å². The third kappa shape index (κ3) is 4.45. The molecule has 2 N–H and O–H groups in total. The summed E-state index contributed by atoms with van der Waals surface area (Å²) in [7, 11) is -4.15. The first-order valence-electron chi connectivity index (χ1n) is 13.6. The number of nitrogens with zero attached hydrogens (tertiary/aromatic N) is 3. The molecule has 10 nitrogen and oxygen atoms in total. The number of morpholine rings is 1. The fourth-order valence-corrected chi connectivity index (χ4v) is 7.50. The van der Waals surface area contributed by atoms with Crippen LogP contribution in [0.25, 0.3) is 32.9 Å². The third-order valence-corrected chi connectivity index (χ3v) is 9.39. The largest absolute Gasteiger partial charge is 0.372 e. The highest BCUT2D eigenvalue weighted by Crippen LogP contribution is 2.39. The summed E-state index contributed by atoms with van der Waals surface area (Å²) in [5, 5.41) is 4.79. The fourth-order valence-electron chi connectivity index (χ4n) is 5.96. The maximum absolute atomic E-state index is 14.2. The molecule has 0 aliphatic carbocycles. The van der Waals surface area contributed by atoms with Crippen molar-refractivity contribution < 1.29 is 27.3 Å². The highest BCUT2D eigenvalue weighted by Gasteiger charge is 2.30. The SMILES string of the molecule is Cc1noc(C)c1-c1cc(C(N)=O)c2c3cc(C(=O)N4CC(C)OC(C)C4)ccc3n(S(=O)(=O)c3ccccc3)c2c1. The van der Waals surface area contributed by atoms with Gasteiger partial charge >= 0.3 is 0 Å². The average molecular weight is 587 g/mol. The molecular weight excluding hydrogens is 556 g/mol. The Morgan fingerprint density at radius 1 is 0.952 bits per heavy atom. The van der Waals surface area contributed by atoms with Crippen LogP contribution in [0, 0.1) is 13.8 Å². The summed E-state index contributed by atoms with van der Waals surface area (Å²) in [4.78, 5) is 28.4. The Labute approximate surface area is 242 Å². The molecule has 2 unspecified atom stereocenters. The van der Waals surface area contributed by atoms with Crippen LogP contribution in [0.2, 0.25) is 0 Å². The summed E-state index contributed by atoms with van der Waals surface area (Å²) >= 11 is 0. The molecule has 1 saturated heterocycles. The van der Waals surface area contributed by atoms with E-state index >= 15 is 0 Å². The monoisotopic (exact) mass is 586 g/mol. The molecule has 11 heteroatoms. The van der Waals surface area contributed by atoms with E-state index in [9.17, 15) is 18.0 Å². The number of aryl methyl sites for hydroxylation is 2. The summed E-state index contributed by atoms with van der Waals surface area (Å²) in [5.74, 6) is -0.436. The Balaban J connectivity index is 1.68. The Kier molecular flexibility index (Phi) is 6.66. The van der Waals surface area contributed by atoms with Gasteiger partial charge in [0.1, 0.15) is 5.76 Å². The smallest absolute Gasteiger partial charge is 0.268 e. The molecule has 1 aliphatic heterocycles. The van der Waals surface area contributed by atoms with E-state index < -0.39 is 15.9 Å². The van der Waals surface area contributed by atoms with Crippen LogP contribution >= 0.6 is 0 Å². The van der Waals surface area contributed by atoms with E-state index in [0.717, 1.165) is 0 Å². The van der Waals surface area contributed by atoms with Gasteiger partial charge in [0.2, 0.25) is 5.91 Å². The number of benzene rings is 3. The van der Waals surface area contributed by atoms with Gasteiger partial charge in [-0.25, -0.2) is 12.4 Å². The van der Waals surface area contributed by atoms with E-state index in [-0.39, 0.29) is 34.1 Å². The van der Waals surface area contributed by atoms with Gasteiger partial charge in [0.15, 0.2) is 0 Å². The van der Waals surface area contributed by atoms with Crippen LogP contribution in [0.1, 0.15) is 46.0 Å². The highest BCUT2D eigenvalue weighted by atomic mass is 32.2. The lowest BCUT2D eigenvalue weighted by molar-refractivity contribution is -0.0586. The number of nitrogens with two attached hydrogens (primary N) is 1. The van der Waals surface area contributed by atoms with Crippen molar-refractivity contribution in [3.05, 3.63) is 83.2 Å². The van der Waals surface area contributed by atoms with Crippen molar-refractivity contribution in [2.75, 3.05) is 13.1 Å². The molecule has 2 atom stereocenters. The van der Waals surface area contributed by atoms with Gasteiger partial charge < -0.3 is 19.9 Å². The molecule has 3 heterocycles. The van der Waals surface area contributed by atoms with Gasteiger partial charge in [0.25, 0.3) is 15.9 Å². The van der Waals surface area contributed by atoms with Gasteiger partial charge in [-0.3, -0.25) is 9.59 Å². The van der Waals surface area contributed by atoms with Crippen LogP contribution < -0.4 is 5.73 Å². The maximum atomic E-state index is 14.2. The van der Waals surface area contributed by atoms with Crippen LogP contribution in [-0.2, 0) is 14.8 Å². The average Bonchev–Trinajstić information content (AvgIpc) is 3.47. The molecule has 5 aromatic rings. The standard InChI is InChI=1S/C31H30N4O6S/c1-17-15-34(16-18(2)40-17)31(37)21-10-11-26-24(12-21)29-25(30(32)36)13-22(28-19(3)33-41-20(28)4)14-27(29)35(26)42(38,39)23-8-6-5-7-9-23/h5-14,17-18H,15-16H2,1-4H3,(H2,32,36). The van der Waals surface area contributed by atoms with Crippen LogP contribution in [0.15, 0.2) is 70.1 Å². The van der Waals surface area contributed by atoms with Gasteiger partial charge in [0, 0.05) is 40.6 Å². The quantitative estimate of drug-likeness (QED) is 0.316. The first kappa shape index (κ1) is 27.7. The van der Waals surface area contributed by atoms with Gasteiger partial charge in [-0.15, -0.1) is 0 Å². The van der Waals surface area contributed by atoms with E-state index in [4.69, 9.17) is 15.0 Å². The molecule has 216 valence electrons. The Bertz CT molecular complexity index is 1970. The van der Waals surface area contributed by atoms with Crippen molar-refractivity contribution in [3.8, 4) is 11.1 Å². The second-order valence-electron chi connectivity index (χ2n) is 10.8. The van der Waals surface area contributed by atoms with E-state index in [1.165, 1.54) is 16.1 Å². The van der Waals surface area contributed by atoms with Crippen LogP contribution in [0.4, 0.5) is 0 Å². The topological polar surface area (TPSA) is 138 Å². The number of primary amides is 1. The van der Waals surface area contributed by atoms with E-state index in [2.05, 4.69) is 5.16 Å². The number of carbonyl (C=O) groups excluding carboxylic acids is 2. The minimum Gasteiger partial charge on any atom is -0.372 e. The molecular formula is C31H30N4O6S. The van der Waals surface area contributed by atoms with Crippen molar-refractivity contribution in [1.82, 2.24) is 14.0 Å². The molecule has 2 aromatic heterocycles. The van der Waals surface area contributed by atoms with Gasteiger partial charge in [-0.05, 0) is 75.7 Å². The summed E-state index contributed by atoms with van der Waals surface area (Å²) in [6, 6.07) is 16.2. The minimum absolute atomic E-state index is 0.0728. The van der Waals surface area contributed by atoms with Gasteiger partial charge in [-0.1, -0.05) is 23.4 Å². The van der Waals surface area contributed by atoms with Crippen molar-refractivity contribution in [1.29, 1.82) is 0 Å². The molecule has 0 saturated carbocycles. The van der Waals surface area contributed by atoms with E-state index in [0.29, 0.717) is 57.5 Å². The lowest BCUT2D eigenvalue weighted by atomic mass is 9.97. The maximum Gasteiger partial charge on any atom is 0.268 e. The molecule has 42 heavy (non-hydrogen) atoms. The second-order valence-corrected chi connectivity index (χ2v) is 12.5. The van der Waals surface area contributed by atoms with Crippen molar-refractivity contribution in [3.63, 3.8) is 0 Å². The summed E-state index contributed by atoms with van der Waals surface area (Å²) < 4.78 is 40.8. The van der Waals surface area contributed by atoms with Crippen LogP contribution in [0.3, 0.4) is 0 Å². The molecule has 2 amide bonds. The zero-order chi connectivity index (χ0) is 29.9. The molecule has 0 bridgehead atoms. The summed E-state index contributed by atoms with van der Waals surface area (Å²) in [5.41, 5.74) is 8.72. The van der Waals surface area contributed by atoms with Crippen molar-refractivity contribution >= 4 is 43.6 Å². The normalized spacial score (nSPS) is 17.7. The van der Waals surface area contributed by atoms with E-state index in [1.54, 1.807) is 67.3 Å². The number of amides is 2. The molecule has 6 rings (SSSR count). The van der Waals surface area contributed by atoms with Crippen molar-refractivity contribution in [2.45, 2.75) is 44.8 Å². The first-order valence-corrected chi connectivity index (χ1v) is 15.0. The highest BCUT2D eigenvalue weighted by molar-refractivity contribution is 7.90. The summed E-state index contributed by atoms with van der Waals surface area (Å²) in [6.07, 6.45) is -0.243. The number of hydrogen-bond acceptors (Lipinski definition) is 7. The third-order valence-electron chi connectivity index (χ3n) is 7.64.